The largest absolute Gasteiger partial charge is 0.386 e. The molecule has 0 bridgehead atoms. The molecular formula is C16H18N2O3. The molecule has 2 aromatic rings. The third kappa shape index (κ3) is 4.98. The molecule has 0 aliphatic carbocycles. The summed E-state index contributed by atoms with van der Waals surface area (Å²) in [5, 5.41) is 12.6. The molecular weight excluding hydrogens is 268 g/mol. The Balaban J connectivity index is 1.63. The summed E-state index contributed by atoms with van der Waals surface area (Å²) in [6.45, 7) is 0.928. The maximum atomic E-state index is 11.7. The first kappa shape index (κ1) is 15.2. The molecule has 2 rings (SSSR count). The van der Waals surface area contributed by atoms with Gasteiger partial charge in [-0.05, 0) is 17.7 Å². The van der Waals surface area contributed by atoms with Crippen molar-refractivity contribution in [3.8, 4) is 0 Å². The van der Waals surface area contributed by atoms with Gasteiger partial charge in [-0.25, -0.2) is 0 Å². The number of carbonyl (C=O) groups is 1. The molecule has 0 fully saturated rings. The Labute approximate surface area is 123 Å². The van der Waals surface area contributed by atoms with Gasteiger partial charge >= 0.3 is 0 Å². The summed E-state index contributed by atoms with van der Waals surface area (Å²) < 4.78 is 5.36. The van der Waals surface area contributed by atoms with Crippen molar-refractivity contribution in [3.63, 3.8) is 0 Å². The van der Waals surface area contributed by atoms with E-state index in [1.165, 1.54) is 6.20 Å². The van der Waals surface area contributed by atoms with Crippen molar-refractivity contribution in [2.24, 2.45) is 0 Å². The number of benzene rings is 1. The Morgan fingerprint density at radius 3 is 2.76 bits per heavy atom. The number of aliphatic hydroxyl groups excluding tert-OH is 1. The quantitative estimate of drug-likeness (QED) is 0.758. The van der Waals surface area contributed by atoms with E-state index >= 15 is 0 Å². The molecule has 0 aliphatic heterocycles. The third-order valence-corrected chi connectivity index (χ3v) is 2.92. The van der Waals surface area contributed by atoms with Gasteiger partial charge in [-0.1, -0.05) is 30.3 Å². The minimum Gasteiger partial charge on any atom is -0.386 e. The highest BCUT2D eigenvalue weighted by Crippen LogP contribution is 2.11. The minimum atomic E-state index is -0.653. The molecule has 5 nitrogen and oxygen atoms in total. The van der Waals surface area contributed by atoms with Crippen LogP contribution in [0.25, 0.3) is 0 Å². The molecule has 1 unspecified atom stereocenters. The monoisotopic (exact) mass is 286 g/mol. The number of nitrogens with zero attached hydrogens (tertiary/aromatic N) is 1. The van der Waals surface area contributed by atoms with Crippen molar-refractivity contribution in [2.75, 3.05) is 19.8 Å². The maximum Gasteiger partial charge on any atom is 0.252 e. The second-order valence-corrected chi connectivity index (χ2v) is 4.50. The van der Waals surface area contributed by atoms with Crippen molar-refractivity contribution in [1.29, 1.82) is 0 Å². The van der Waals surface area contributed by atoms with Crippen LogP contribution >= 0.6 is 0 Å². The Hall–Kier alpha value is -2.24. The van der Waals surface area contributed by atoms with Gasteiger partial charge in [0, 0.05) is 18.9 Å². The van der Waals surface area contributed by atoms with Gasteiger partial charge in [0.25, 0.3) is 5.91 Å². The van der Waals surface area contributed by atoms with Crippen LogP contribution in [0.5, 0.6) is 0 Å². The SMILES string of the molecule is O=C(NCCOCC(O)c1ccccc1)c1cccnc1. The van der Waals surface area contributed by atoms with Crippen LogP contribution in [0.3, 0.4) is 0 Å². The Kier molecular flexibility index (Phi) is 5.87. The second-order valence-electron chi connectivity index (χ2n) is 4.50. The lowest BCUT2D eigenvalue weighted by Crippen LogP contribution is -2.27. The molecule has 0 aliphatic rings. The number of hydrogen-bond donors (Lipinski definition) is 2. The van der Waals surface area contributed by atoms with Crippen LogP contribution in [0, 0.1) is 0 Å². The van der Waals surface area contributed by atoms with Crippen molar-refractivity contribution in [2.45, 2.75) is 6.10 Å². The molecule has 21 heavy (non-hydrogen) atoms. The van der Waals surface area contributed by atoms with E-state index in [1.54, 1.807) is 18.3 Å². The molecule has 1 aromatic heterocycles. The third-order valence-electron chi connectivity index (χ3n) is 2.92. The standard InChI is InChI=1S/C16H18N2O3/c19-15(13-5-2-1-3-6-13)12-21-10-9-18-16(20)14-7-4-8-17-11-14/h1-8,11,15,19H,9-10,12H2,(H,18,20). The van der Waals surface area contributed by atoms with Gasteiger partial charge in [0.1, 0.15) is 6.10 Å². The highest BCUT2D eigenvalue weighted by atomic mass is 16.5. The van der Waals surface area contributed by atoms with Crippen molar-refractivity contribution < 1.29 is 14.6 Å². The van der Waals surface area contributed by atoms with E-state index in [0.717, 1.165) is 5.56 Å². The van der Waals surface area contributed by atoms with E-state index in [4.69, 9.17) is 4.74 Å². The molecule has 5 heteroatoms. The van der Waals surface area contributed by atoms with Crippen LogP contribution in [0.2, 0.25) is 0 Å². The smallest absolute Gasteiger partial charge is 0.252 e. The lowest BCUT2D eigenvalue weighted by molar-refractivity contribution is 0.0371. The van der Waals surface area contributed by atoms with Gasteiger partial charge in [0.2, 0.25) is 0 Å². The average Bonchev–Trinajstić information content (AvgIpc) is 2.55. The fourth-order valence-corrected chi connectivity index (χ4v) is 1.80. The number of carbonyl (C=O) groups excluding carboxylic acids is 1. The molecule has 110 valence electrons. The first-order valence-electron chi connectivity index (χ1n) is 6.76. The molecule has 1 aromatic carbocycles. The number of aromatic nitrogens is 1. The van der Waals surface area contributed by atoms with Crippen molar-refractivity contribution in [1.82, 2.24) is 10.3 Å². The second kappa shape index (κ2) is 8.14. The first-order chi connectivity index (χ1) is 10.3. The normalized spacial score (nSPS) is 11.9. The molecule has 0 saturated carbocycles. The average molecular weight is 286 g/mol. The summed E-state index contributed by atoms with van der Waals surface area (Å²) in [4.78, 5) is 15.6. The van der Waals surface area contributed by atoms with Crippen molar-refractivity contribution in [3.05, 3.63) is 66.0 Å². The lowest BCUT2D eigenvalue weighted by Gasteiger charge is -2.11. The van der Waals surface area contributed by atoms with Gasteiger partial charge < -0.3 is 15.2 Å². The topological polar surface area (TPSA) is 71.5 Å². The number of rotatable bonds is 7. The van der Waals surface area contributed by atoms with Gasteiger partial charge in [-0.15, -0.1) is 0 Å². The molecule has 0 spiro atoms. The van der Waals surface area contributed by atoms with Crippen LogP contribution in [0.15, 0.2) is 54.9 Å². The molecule has 1 amide bonds. The predicted molar refractivity (Wildman–Crippen MR) is 78.8 cm³/mol. The molecule has 1 heterocycles. The summed E-state index contributed by atoms with van der Waals surface area (Å²) >= 11 is 0. The van der Waals surface area contributed by atoms with Crippen LogP contribution in [-0.2, 0) is 4.74 Å². The van der Waals surface area contributed by atoms with Gasteiger partial charge in [0.15, 0.2) is 0 Å². The Bertz CT molecular complexity index is 546. The zero-order valence-electron chi connectivity index (χ0n) is 11.6. The maximum absolute atomic E-state index is 11.7. The van der Waals surface area contributed by atoms with Gasteiger partial charge in [0.05, 0.1) is 18.8 Å². The van der Waals surface area contributed by atoms with E-state index in [2.05, 4.69) is 10.3 Å². The van der Waals surface area contributed by atoms with Crippen molar-refractivity contribution >= 4 is 5.91 Å². The fraction of sp³-hybridized carbons (Fsp3) is 0.250. The van der Waals surface area contributed by atoms with E-state index in [0.29, 0.717) is 18.7 Å². The predicted octanol–water partition coefficient (Wildman–Crippen LogP) is 1.56. The number of pyridine rings is 1. The Morgan fingerprint density at radius 2 is 2.05 bits per heavy atom. The number of amides is 1. The zero-order chi connectivity index (χ0) is 14.9. The minimum absolute atomic E-state index is 0.185. The molecule has 0 radical (unpaired) electrons. The van der Waals surface area contributed by atoms with E-state index in [9.17, 15) is 9.90 Å². The molecule has 1 atom stereocenters. The lowest BCUT2D eigenvalue weighted by atomic mass is 10.1. The van der Waals surface area contributed by atoms with Crippen LogP contribution in [-0.4, -0.2) is 35.8 Å². The van der Waals surface area contributed by atoms with E-state index in [1.807, 2.05) is 30.3 Å². The first-order valence-corrected chi connectivity index (χ1v) is 6.76. The summed E-state index contributed by atoms with van der Waals surface area (Å²) in [7, 11) is 0. The zero-order valence-corrected chi connectivity index (χ0v) is 11.6. The highest BCUT2D eigenvalue weighted by molar-refractivity contribution is 5.93. The fourth-order valence-electron chi connectivity index (χ4n) is 1.80. The number of ether oxygens (including phenoxy) is 1. The number of hydrogen-bond acceptors (Lipinski definition) is 4. The molecule has 0 saturated heterocycles. The van der Waals surface area contributed by atoms with Crippen LogP contribution in [0.4, 0.5) is 0 Å². The molecule has 2 N–H and O–H groups in total. The van der Waals surface area contributed by atoms with Crippen LogP contribution in [0.1, 0.15) is 22.0 Å². The van der Waals surface area contributed by atoms with Crippen LogP contribution < -0.4 is 5.32 Å². The summed E-state index contributed by atoms with van der Waals surface area (Å²) in [6, 6.07) is 12.7. The summed E-state index contributed by atoms with van der Waals surface area (Å²) in [5.74, 6) is -0.185. The summed E-state index contributed by atoms with van der Waals surface area (Å²) in [5.41, 5.74) is 1.33. The van der Waals surface area contributed by atoms with Gasteiger partial charge in [-0.3, -0.25) is 9.78 Å². The van der Waals surface area contributed by atoms with Gasteiger partial charge in [-0.2, -0.15) is 0 Å². The highest BCUT2D eigenvalue weighted by Gasteiger charge is 2.07. The Morgan fingerprint density at radius 1 is 1.24 bits per heavy atom. The van der Waals surface area contributed by atoms with E-state index in [-0.39, 0.29) is 12.5 Å². The number of aliphatic hydroxyl groups is 1. The number of nitrogens with one attached hydrogen (secondary N) is 1. The van der Waals surface area contributed by atoms with E-state index < -0.39 is 6.10 Å². The summed E-state index contributed by atoms with van der Waals surface area (Å²) in [6.07, 6.45) is 2.47.